The van der Waals surface area contributed by atoms with Crippen molar-refractivity contribution in [1.82, 2.24) is 10.2 Å². The van der Waals surface area contributed by atoms with Crippen LogP contribution in [0.4, 0.5) is 13.2 Å². The minimum absolute atomic E-state index is 0.0668. The summed E-state index contributed by atoms with van der Waals surface area (Å²) in [6.45, 7) is -0.0668. The van der Waals surface area contributed by atoms with E-state index in [9.17, 15) is 22.8 Å². The lowest BCUT2D eigenvalue weighted by atomic mass is 10.1. The molecule has 9 heteroatoms. The van der Waals surface area contributed by atoms with Gasteiger partial charge in [0.15, 0.2) is 11.5 Å². The monoisotopic (exact) mass is 386 g/mol. The first-order valence-corrected chi connectivity index (χ1v) is 8.69. The van der Waals surface area contributed by atoms with Crippen molar-refractivity contribution in [1.29, 1.82) is 0 Å². The number of methoxy groups -OCH3 is 2. The summed E-state index contributed by atoms with van der Waals surface area (Å²) in [5, 5.41) is 2.81. The number of amides is 2. The van der Waals surface area contributed by atoms with E-state index in [1.807, 2.05) is 6.07 Å². The molecule has 0 radical (unpaired) electrons. The van der Waals surface area contributed by atoms with Crippen molar-refractivity contribution < 1.29 is 32.2 Å². The first kappa shape index (κ1) is 19.3. The third kappa shape index (κ3) is 3.68. The average Bonchev–Trinajstić information content (AvgIpc) is 3.26. The molecule has 1 aromatic carbocycles. The molecular formula is C18H21F3N2O4. The number of halogens is 3. The Morgan fingerprint density at radius 3 is 2.44 bits per heavy atom. The van der Waals surface area contributed by atoms with Gasteiger partial charge >= 0.3 is 12.1 Å². The predicted molar refractivity (Wildman–Crippen MR) is 89.5 cm³/mol. The molecule has 1 aliphatic heterocycles. The van der Waals surface area contributed by atoms with Crippen LogP contribution in [0.5, 0.6) is 11.5 Å². The van der Waals surface area contributed by atoms with E-state index < -0.39 is 24.0 Å². The van der Waals surface area contributed by atoms with Crippen LogP contribution in [0, 0.1) is 0 Å². The van der Waals surface area contributed by atoms with E-state index in [2.05, 4.69) is 5.32 Å². The number of likely N-dealkylation sites (tertiary alicyclic amines) is 1. The molecule has 1 aromatic rings. The highest BCUT2D eigenvalue weighted by molar-refractivity contribution is 5.90. The SMILES string of the molecule is COc1cc2c(cc1OC)C(NC(=O)C1CCCN1C(=O)C(F)(F)F)CC2. The molecule has 0 spiro atoms. The molecule has 0 saturated carbocycles. The Morgan fingerprint density at radius 2 is 1.81 bits per heavy atom. The number of hydrogen-bond donors (Lipinski definition) is 1. The minimum Gasteiger partial charge on any atom is -0.493 e. The second-order valence-corrected chi connectivity index (χ2v) is 6.66. The van der Waals surface area contributed by atoms with Gasteiger partial charge in [-0.15, -0.1) is 0 Å². The van der Waals surface area contributed by atoms with Gasteiger partial charge in [-0.1, -0.05) is 0 Å². The molecule has 3 rings (SSSR count). The number of hydrogen-bond acceptors (Lipinski definition) is 4. The highest BCUT2D eigenvalue weighted by Crippen LogP contribution is 2.39. The lowest BCUT2D eigenvalue weighted by molar-refractivity contribution is -0.186. The molecule has 6 nitrogen and oxygen atoms in total. The fourth-order valence-corrected chi connectivity index (χ4v) is 3.80. The van der Waals surface area contributed by atoms with Crippen molar-refractivity contribution in [2.75, 3.05) is 20.8 Å². The number of fused-ring (bicyclic) bond motifs is 1. The number of rotatable bonds is 4. The van der Waals surface area contributed by atoms with E-state index in [0.717, 1.165) is 11.1 Å². The van der Waals surface area contributed by atoms with Crippen molar-refractivity contribution >= 4 is 11.8 Å². The van der Waals surface area contributed by atoms with Crippen LogP contribution in [0.15, 0.2) is 12.1 Å². The zero-order chi connectivity index (χ0) is 19.8. The van der Waals surface area contributed by atoms with Gasteiger partial charge < -0.3 is 19.7 Å². The summed E-state index contributed by atoms with van der Waals surface area (Å²) in [7, 11) is 3.04. The van der Waals surface area contributed by atoms with Gasteiger partial charge in [0.2, 0.25) is 5.91 Å². The zero-order valence-corrected chi connectivity index (χ0v) is 15.1. The minimum atomic E-state index is -4.98. The predicted octanol–water partition coefficient (Wildman–Crippen LogP) is 2.36. The Kier molecular flexibility index (Phi) is 5.21. The number of nitrogens with one attached hydrogen (secondary N) is 1. The average molecular weight is 386 g/mol. The third-order valence-electron chi connectivity index (χ3n) is 5.10. The maximum Gasteiger partial charge on any atom is 0.471 e. The van der Waals surface area contributed by atoms with Crippen molar-refractivity contribution in [3.05, 3.63) is 23.3 Å². The molecule has 148 valence electrons. The second-order valence-electron chi connectivity index (χ2n) is 6.66. The molecule has 2 atom stereocenters. The van der Waals surface area contributed by atoms with Crippen LogP contribution in [0.2, 0.25) is 0 Å². The Bertz CT molecular complexity index is 751. The first-order valence-electron chi connectivity index (χ1n) is 8.69. The van der Waals surface area contributed by atoms with Gasteiger partial charge in [-0.05, 0) is 48.9 Å². The normalized spacial score (nSPS) is 21.7. The Morgan fingerprint density at radius 1 is 1.15 bits per heavy atom. The lowest BCUT2D eigenvalue weighted by Crippen LogP contribution is -2.50. The van der Waals surface area contributed by atoms with Crippen LogP contribution < -0.4 is 14.8 Å². The summed E-state index contributed by atoms with van der Waals surface area (Å²) in [6.07, 6.45) is -3.06. The topological polar surface area (TPSA) is 67.9 Å². The molecule has 2 amide bonds. The maximum atomic E-state index is 12.7. The van der Waals surface area contributed by atoms with Gasteiger partial charge in [0.25, 0.3) is 0 Å². The highest BCUT2D eigenvalue weighted by Gasteiger charge is 2.48. The van der Waals surface area contributed by atoms with Crippen molar-refractivity contribution in [3.8, 4) is 11.5 Å². The fraction of sp³-hybridized carbons (Fsp3) is 0.556. The molecule has 0 bridgehead atoms. The molecule has 1 aliphatic carbocycles. The quantitative estimate of drug-likeness (QED) is 0.863. The van der Waals surface area contributed by atoms with Crippen LogP contribution in [0.1, 0.15) is 36.4 Å². The maximum absolute atomic E-state index is 12.7. The third-order valence-corrected chi connectivity index (χ3v) is 5.10. The first-order chi connectivity index (χ1) is 12.8. The Balaban J connectivity index is 1.76. The number of nitrogens with zero attached hydrogens (tertiary/aromatic N) is 1. The summed E-state index contributed by atoms with van der Waals surface area (Å²) < 4.78 is 48.8. The van der Waals surface area contributed by atoms with E-state index in [0.29, 0.717) is 35.7 Å². The van der Waals surface area contributed by atoms with Gasteiger partial charge in [-0.2, -0.15) is 13.2 Å². The van der Waals surface area contributed by atoms with Crippen molar-refractivity contribution in [2.45, 2.75) is 43.9 Å². The summed E-state index contributed by atoms with van der Waals surface area (Å²) in [4.78, 5) is 24.8. The second kappa shape index (κ2) is 7.28. The highest BCUT2D eigenvalue weighted by atomic mass is 19.4. The standard InChI is InChI=1S/C18H21F3N2O4/c1-26-14-8-10-5-6-12(11(10)9-15(14)27-2)22-16(24)13-4-3-7-23(13)17(25)18(19,20)21/h8-9,12-13H,3-7H2,1-2H3,(H,22,24). The largest absolute Gasteiger partial charge is 0.493 e. The van der Waals surface area contributed by atoms with E-state index in [1.165, 1.54) is 14.2 Å². The van der Waals surface area contributed by atoms with E-state index in [-0.39, 0.29) is 19.0 Å². The number of benzene rings is 1. The van der Waals surface area contributed by atoms with Gasteiger partial charge in [0.05, 0.1) is 20.3 Å². The van der Waals surface area contributed by atoms with E-state index >= 15 is 0 Å². The molecule has 1 fully saturated rings. The van der Waals surface area contributed by atoms with Gasteiger partial charge in [0, 0.05) is 6.54 Å². The number of alkyl halides is 3. The molecule has 1 N–H and O–H groups in total. The van der Waals surface area contributed by atoms with E-state index in [4.69, 9.17) is 9.47 Å². The van der Waals surface area contributed by atoms with Crippen molar-refractivity contribution in [2.24, 2.45) is 0 Å². The number of aryl methyl sites for hydroxylation is 1. The van der Waals surface area contributed by atoms with Gasteiger partial charge in [0.1, 0.15) is 6.04 Å². The molecule has 27 heavy (non-hydrogen) atoms. The van der Waals surface area contributed by atoms with Crippen LogP contribution in [-0.2, 0) is 16.0 Å². The summed E-state index contributed by atoms with van der Waals surface area (Å²) in [5.41, 5.74) is 1.85. The molecule has 2 unspecified atom stereocenters. The van der Waals surface area contributed by atoms with E-state index in [1.54, 1.807) is 6.07 Å². The molecular weight excluding hydrogens is 365 g/mol. The Labute approximate surface area is 154 Å². The molecule has 1 saturated heterocycles. The van der Waals surface area contributed by atoms with Crippen molar-refractivity contribution in [3.63, 3.8) is 0 Å². The smallest absolute Gasteiger partial charge is 0.471 e. The van der Waals surface area contributed by atoms with Crippen LogP contribution in [0.3, 0.4) is 0 Å². The fourth-order valence-electron chi connectivity index (χ4n) is 3.80. The summed E-state index contributed by atoms with van der Waals surface area (Å²) >= 11 is 0. The van der Waals surface area contributed by atoms with Gasteiger partial charge in [-0.3, -0.25) is 9.59 Å². The summed E-state index contributed by atoms with van der Waals surface area (Å²) in [5.74, 6) is -1.41. The molecule has 0 aromatic heterocycles. The van der Waals surface area contributed by atoms with Crippen LogP contribution >= 0.6 is 0 Å². The van der Waals surface area contributed by atoms with Crippen LogP contribution in [-0.4, -0.2) is 49.7 Å². The number of carbonyl (C=O) groups excluding carboxylic acids is 2. The summed E-state index contributed by atoms with van der Waals surface area (Å²) in [6, 6.07) is 2.19. The van der Waals surface area contributed by atoms with Crippen LogP contribution in [0.25, 0.3) is 0 Å². The Hall–Kier alpha value is -2.45. The number of carbonyl (C=O) groups is 2. The zero-order valence-electron chi connectivity index (χ0n) is 15.1. The molecule has 2 aliphatic rings. The lowest BCUT2D eigenvalue weighted by Gasteiger charge is -2.26. The number of ether oxygens (including phenoxy) is 2. The molecule has 1 heterocycles. The van der Waals surface area contributed by atoms with Gasteiger partial charge in [-0.25, -0.2) is 0 Å².